The van der Waals surface area contributed by atoms with Crippen molar-refractivity contribution in [2.24, 2.45) is 5.92 Å². The summed E-state index contributed by atoms with van der Waals surface area (Å²) in [6.45, 7) is 1.77. The van der Waals surface area contributed by atoms with Crippen molar-refractivity contribution in [1.29, 1.82) is 0 Å². The Kier molecular flexibility index (Phi) is 6.89. The number of ether oxygens (including phenoxy) is 2. The number of piperidine rings is 1. The van der Waals surface area contributed by atoms with Crippen LogP contribution < -0.4 is 14.8 Å². The number of benzene rings is 2. The summed E-state index contributed by atoms with van der Waals surface area (Å²) < 4.78 is 10.8. The van der Waals surface area contributed by atoms with Gasteiger partial charge in [0.15, 0.2) is 0 Å². The molecule has 2 amide bonds. The van der Waals surface area contributed by atoms with Crippen LogP contribution in [0.5, 0.6) is 11.5 Å². The minimum Gasteiger partial charge on any atom is -0.497 e. The van der Waals surface area contributed by atoms with Crippen LogP contribution in [0.4, 0.5) is 0 Å². The zero-order valence-corrected chi connectivity index (χ0v) is 16.1. The molecule has 0 unspecified atom stereocenters. The molecule has 1 aliphatic rings. The van der Waals surface area contributed by atoms with Crippen molar-refractivity contribution in [3.63, 3.8) is 0 Å². The van der Waals surface area contributed by atoms with E-state index in [0.717, 1.165) is 17.1 Å². The Bertz CT molecular complexity index is 794. The monoisotopic (exact) mass is 382 g/mol. The van der Waals surface area contributed by atoms with Gasteiger partial charge in [0.1, 0.15) is 18.1 Å². The van der Waals surface area contributed by atoms with Crippen LogP contribution in [0.1, 0.15) is 18.4 Å². The van der Waals surface area contributed by atoms with Gasteiger partial charge in [0.2, 0.25) is 11.8 Å². The van der Waals surface area contributed by atoms with Crippen molar-refractivity contribution < 1.29 is 19.1 Å². The summed E-state index contributed by atoms with van der Waals surface area (Å²) in [7, 11) is 1.62. The van der Waals surface area contributed by atoms with Gasteiger partial charge in [-0.05, 0) is 36.2 Å². The van der Waals surface area contributed by atoms with Crippen LogP contribution in [0.2, 0.25) is 0 Å². The van der Waals surface area contributed by atoms with Gasteiger partial charge in [-0.15, -0.1) is 0 Å². The fourth-order valence-corrected chi connectivity index (χ4v) is 3.28. The summed E-state index contributed by atoms with van der Waals surface area (Å²) in [6.07, 6.45) is 0.974. The van der Waals surface area contributed by atoms with Crippen LogP contribution in [0.3, 0.4) is 0 Å². The van der Waals surface area contributed by atoms with E-state index < -0.39 is 0 Å². The highest BCUT2D eigenvalue weighted by atomic mass is 16.5. The summed E-state index contributed by atoms with van der Waals surface area (Å²) in [5, 5.41) is 2.92. The van der Waals surface area contributed by atoms with Crippen molar-refractivity contribution in [2.75, 3.05) is 26.8 Å². The molecule has 28 heavy (non-hydrogen) atoms. The molecular formula is C22H26N2O4. The van der Waals surface area contributed by atoms with Crippen LogP contribution in [0, 0.1) is 5.92 Å². The average molecular weight is 382 g/mol. The lowest BCUT2D eigenvalue weighted by Gasteiger charge is -2.32. The topological polar surface area (TPSA) is 67.9 Å². The fourth-order valence-electron chi connectivity index (χ4n) is 3.28. The molecule has 0 bridgehead atoms. The van der Waals surface area contributed by atoms with Crippen molar-refractivity contribution in [3.8, 4) is 11.5 Å². The molecule has 1 N–H and O–H groups in total. The maximum atomic E-state index is 12.5. The SMILES string of the molecule is COc1cccc(CN2C[C@H](C(=O)NCCOc3ccccc3)CCC2=O)c1. The molecule has 148 valence electrons. The quantitative estimate of drug-likeness (QED) is 0.713. The first-order valence-corrected chi connectivity index (χ1v) is 9.52. The molecule has 1 saturated heterocycles. The predicted molar refractivity (Wildman–Crippen MR) is 106 cm³/mol. The number of rotatable bonds is 8. The molecule has 1 aliphatic heterocycles. The summed E-state index contributed by atoms with van der Waals surface area (Å²) in [6, 6.07) is 17.1. The van der Waals surface area contributed by atoms with Crippen molar-refractivity contribution in [1.82, 2.24) is 10.2 Å². The first-order chi connectivity index (χ1) is 13.7. The van der Waals surface area contributed by atoms with Gasteiger partial charge in [0.05, 0.1) is 19.6 Å². The van der Waals surface area contributed by atoms with E-state index in [9.17, 15) is 9.59 Å². The van der Waals surface area contributed by atoms with Crippen molar-refractivity contribution in [2.45, 2.75) is 19.4 Å². The van der Waals surface area contributed by atoms with E-state index in [4.69, 9.17) is 9.47 Å². The standard InChI is InChI=1S/C22H26N2O4/c1-27-20-9-5-6-17(14-20)15-24-16-18(10-11-21(24)25)22(26)23-12-13-28-19-7-3-2-4-8-19/h2-9,14,18H,10-13,15-16H2,1H3,(H,23,26)/t18-/m1/s1. The van der Waals surface area contributed by atoms with Gasteiger partial charge in [-0.2, -0.15) is 0 Å². The van der Waals surface area contributed by atoms with Gasteiger partial charge >= 0.3 is 0 Å². The number of hydrogen-bond acceptors (Lipinski definition) is 4. The third-order valence-corrected chi connectivity index (χ3v) is 4.79. The van der Waals surface area contributed by atoms with E-state index in [1.165, 1.54) is 0 Å². The number of carbonyl (C=O) groups is 2. The minimum atomic E-state index is -0.194. The Hall–Kier alpha value is -3.02. The maximum Gasteiger partial charge on any atom is 0.225 e. The molecule has 2 aromatic carbocycles. The molecule has 3 rings (SSSR count). The van der Waals surface area contributed by atoms with Gasteiger partial charge in [-0.25, -0.2) is 0 Å². The average Bonchev–Trinajstić information content (AvgIpc) is 2.73. The molecule has 0 aromatic heterocycles. The van der Waals surface area contributed by atoms with Gasteiger partial charge in [-0.1, -0.05) is 30.3 Å². The number of carbonyl (C=O) groups excluding carboxylic acids is 2. The molecule has 6 nitrogen and oxygen atoms in total. The highest BCUT2D eigenvalue weighted by Crippen LogP contribution is 2.21. The number of para-hydroxylation sites is 1. The molecule has 0 spiro atoms. The van der Waals surface area contributed by atoms with Gasteiger partial charge < -0.3 is 19.7 Å². The molecular weight excluding hydrogens is 356 g/mol. The van der Waals surface area contributed by atoms with Gasteiger partial charge in [0.25, 0.3) is 0 Å². The van der Waals surface area contributed by atoms with Gasteiger partial charge in [0, 0.05) is 19.5 Å². The number of amides is 2. The van der Waals surface area contributed by atoms with E-state index in [1.807, 2.05) is 54.6 Å². The summed E-state index contributed by atoms with van der Waals surface area (Å²) in [5.74, 6) is 1.40. The summed E-state index contributed by atoms with van der Waals surface area (Å²) in [4.78, 5) is 26.5. The first kappa shape index (κ1) is 19.7. The van der Waals surface area contributed by atoms with E-state index in [-0.39, 0.29) is 17.7 Å². The number of hydrogen-bond donors (Lipinski definition) is 1. The van der Waals surface area contributed by atoms with Crippen LogP contribution in [-0.2, 0) is 16.1 Å². The Morgan fingerprint density at radius 2 is 1.93 bits per heavy atom. The third-order valence-electron chi connectivity index (χ3n) is 4.79. The first-order valence-electron chi connectivity index (χ1n) is 9.52. The second-order valence-corrected chi connectivity index (χ2v) is 6.81. The number of likely N-dealkylation sites (tertiary alicyclic amines) is 1. The zero-order valence-electron chi connectivity index (χ0n) is 16.1. The zero-order chi connectivity index (χ0) is 19.8. The molecule has 6 heteroatoms. The maximum absolute atomic E-state index is 12.5. The molecule has 0 aliphatic carbocycles. The van der Waals surface area contributed by atoms with Crippen LogP contribution in [-0.4, -0.2) is 43.5 Å². The number of methoxy groups -OCH3 is 1. The third kappa shape index (κ3) is 5.49. The molecule has 1 heterocycles. The normalized spacial score (nSPS) is 16.5. The van der Waals surface area contributed by atoms with Crippen LogP contribution in [0.25, 0.3) is 0 Å². The Morgan fingerprint density at radius 1 is 1.14 bits per heavy atom. The predicted octanol–water partition coefficient (Wildman–Crippen LogP) is 2.63. The lowest BCUT2D eigenvalue weighted by molar-refractivity contribution is -0.138. The molecule has 0 radical (unpaired) electrons. The fraction of sp³-hybridized carbons (Fsp3) is 0.364. The Morgan fingerprint density at radius 3 is 2.71 bits per heavy atom. The second kappa shape index (κ2) is 9.78. The highest BCUT2D eigenvalue weighted by Gasteiger charge is 2.30. The summed E-state index contributed by atoms with van der Waals surface area (Å²) >= 11 is 0. The van der Waals surface area contributed by atoms with E-state index in [0.29, 0.717) is 39.1 Å². The van der Waals surface area contributed by atoms with Crippen molar-refractivity contribution in [3.05, 3.63) is 60.2 Å². The number of nitrogens with zero attached hydrogens (tertiary/aromatic N) is 1. The van der Waals surface area contributed by atoms with Crippen LogP contribution >= 0.6 is 0 Å². The Balaban J connectivity index is 1.47. The molecule has 0 saturated carbocycles. The lowest BCUT2D eigenvalue weighted by atomic mass is 9.96. The minimum absolute atomic E-state index is 0.0280. The number of nitrogens with one attached hydrogen (secondary N) is 1. The van der Waals surface area contributed by atoms with Gasteiger partial charge in [-0.3, -0.25) is 9.59 Å². The van der Waals surface area contributed by atoms with Crippen molar-refractivity contribution >= 4 is 11.8 Å². The largest absolute Gasteiger partial charge is 0.497 e. The van der Waals surface area contributed by atoms with E-state index >= 15 is 0 Å². The van der Waals surface area contributed by atoms with Crippen LogP contribution in [0.15, 0.2) is 54.6 Å². The second-order valence-electron chi connectivity index (χ2n) is 6.81. The summed E-state index contributed by atoms with van der Waals surface area (Å²) in [5.41, 5.74) is 0.991. The lowest BCUT2D eigenvalue weighted by Crippen LogP contribution is -2.45. The highest BCUT2D eigenvalue weighted by molar-refractivity contribution is 5.83. The molecule has 1 atom stereocenters. The molecule has 1 fully saturated rings. The van der Waals surface area contributed by atoms with E-state index in [2.05, 4.69) is 5.32 Å². The smallest absolute Gasteiger partial charge is 0.225 e. The molecule has 2 aromatic rings. The van der Waals surface area contributed by atoms with E-state index in [1.54, 1.807) is 12.0 Å². The Labute approximate surface area is 165 Å².